The molecule has 0 radical (unpaired) electrons. The summed E-state index contributed by atoms with van der Waals surface area (Å²) in [7, 11) is -3.66. The molecule has 8 nitrogen and oxygen atoms in total. The van der Waals surface area contributed by atoms with E-state index < -0.39 is 10.0 Å². The molecule has 1 aromatic heterocycles. The molecule has 0 aliphatic carbocycles. The van der Waals surface area contributed by atoms with Gasteiger partial charge >= 0.3 is 0 Å². The Morgan fingerprint density at radius 3 is 2.63 bits per heavy atom. The molecule has 0 saturated carbocycles. The zero-order valence-corrected chi connectivity index (χ0v) is 17.1. The first-order chi connectivity index (χ1) is 14.6. The third-order valence-electron chi connectivity index (χ3n) is 5.35. The first-order valence-corrected chi connectivity index (χ1v) is 11.1. The van der Waals surface area contributed by atoms with Gasteiger partial charge in [-0.25, -0.2) is 12.4 Å². The fourth-order valence-electron chi connectivity index (χ4n) is 3.95. The van der Waals surface area contributed by atoms with Crippen molar-refractivity contribution in [3.05, 3.63) is 54.2 Å². The SMILES string of the molecule is O=CO.O=S(=O)(c1ccc2c(c1)CCO2)n1ccc2c(N3CCNCC3)cccc21. The lowest BCUT2D eigenvalue weighted by Gasteiger charge is -2.30. The molecule has 0 bridgehead atoms. The average Bonchev–Trinajstić information content (AvgIpc) is 3.41. The number of rotatable bonds is 3. The van der Waals surface area contributed by atoms with E-state index in [1.165, 1.54) is 3.97 Å². The lowest BCUT2D eigenvalue weighted by molar-refractivity contribution is -0.122. The van der Waals surface area contributed by atoms with Crippen LogP contribution in [0.25, 0.3) is 10.9 Å². The van der Waals surface area contributed by atoms with Crippen LogP contribution in [0.1, 0.15) is 5.56 Å². The minimum absolute atomic E-state index is 0.250. The van der Waals surface area contributed by atoms with Crippen molar-refractivity contribution < 1.29 is 23.1 Å². The van der Waals surface area contributed by atoms with Gasteiger partial charge in [0.2, 0.25) is 0 Å². The van der Waals surface area contributed by atoms with E-state index in [-0.39, 0.29) is 6.47 Å². The number of anilines is 1. The highest BCUT2D eigenvalue weighted by molar-refractivity contribution is 7.90. The number of piperazine rings is 1. The molecule has 2 aliphatic heterocycles. The predicted molar refractivity (Wildman–Crippen MR) is 114 cm³/mol. The highest BCUT2D eigenvalue weighted by Gasteiger charge is 2.23. The van der Waals surface area contributed by atoms with Gasteiger partial charge in [0.15, 0.2) is 0 Å². The topological polar surface area (TPSA) is 101 Å². The van der Waals surface area contributed by atoms with Gasteiger partial charge < -0.3 is 20.1 Å². The Morgan fingerprint density at radius 1 is 1.10 bits per heavy atom. The quantitative estimate of drug-likeness (QED) is 0.614. The van der Waals surface area contributed by atoms with Gasteiger partial charge in [-0.3, -0.25) is 4.79 Å². The van der Waals surface area contributed by atoms with E-state index >= 15 is 0 Å². The van der Waals surface area contributed by atoms with Crippen molar-refractivity contribution in [2.75, 3.05) is 37.7 Å². The van der Waals surface area contributed by atoms with Gasteiger partial charge in [-0.2, -0.15) is 0 Å². The van der Waals surface area contributed by atoms with Crippen molar-refractivity contribution in [3.8, 4) is 5.75 Å². The van der Waals surface area contributed by atoms with Crippen LogP contribution < -0.4 is 15.0 Å². The molecule has 2 N–H and O–H groups in total. The van der Waals surface area contributed by atoms with Crippen LogP contribution in [-0.2, 0) is 21.2 Å². The monoisotopic (exact) mass is 429 g/mol. The highest BCUT2D eigenvalue weighted by Crippen LogP contribution is 2.32. The Balaban J connectivity index is 0.000000687. The van der Waals surface area contributed by atoms with Crippen molar-refractivity contribution >= 4 is 33.1 Å². The second-order valence-corrected chi connectivity index (χ2v) is 8.85. The molecule has 0 amide bonds. The van der Waals surface area contributed by atoms with E-state index in [9.17, 15) is 8.42 Å². The minimum Gasteiger partial charge on any atom is -0.493 e. The zero-order chi connectivity index (χ0) is 21.1. The Labute approximate surface area is 174 Å². The summed E-state index contributed by atoms with van der Waals surface area (Å²) in [5, 5.41) is 11.2. The van der Waals surface area contributed by atoms with Crippen LogP contribution in [-0.4, -0.2) is 56.8 Å². The maximum atomic E-state index is 13.3. The van der Waals surface area contributed by atoms with Gasteiger partial charge in [0.25, 0.3) is 16.5 Å². The summed E-state index contributed by atoms with van der Waals surface area (Å²) in [4.78, 5) is 11.0. The first-order valence-electron chi connectivity index (χ1n) is 9.71. The Morgan fingerprint density at radius 2 is 1.87 bits per heavy atom. The van der Waals surface area contributed by atoms with E-state index in [2.05, 4.69) is 16.3 Å². The fraction of sp³-hybridized carbons (Fsp3) is 0.286. The number of nitrogens with one attached hydrogen (secondary N) is 1. The summed E-state index contributed by atoms with van der Waals surface area (Å²) in [6.07, 6.45) is 2.41. The summed E-state index contributed by atoms with van der Waals surface area (Å²) < 4.78 is 33.5. The normalized spacial score (nSPS) is 15.8. The van der Waals surface area contributed by atoms with Crippen molar-refractivity contribution in [1.29, 1.82) is 0 Å². The van der Waals surface area contributed by atoms with E-state index in [1.54, 1.807) is 24.4 Å². The largest absolute Gasteiger partial charge is 0.493 e. The van der Waals surface area contributed by atoms with Gasteiger partial charge in [-0.05, 0) is 42.0 Å². The molecular weight excluding hydrogens is 406 g/mol. The summed E-state index contributed by atoms with van der Waals surface area (Å²) >= 11 is 0. The Bertz CT molecular complexity index is 1170. The second kappa shape index (κ2) is 8.37. The fourth-order valence-corrected chi connectivity index (χ4v) is 5.35. The van der Waals surface area contributed by atoms with Crippen LogP contribution in [0.4, 0.5) is 5.69 Å². The molecule has 1 saturated heterocycles. The molecule has 30 heavy (non-hydrogen) atoms. The molecule has 1 fully saturated rings. The van der Waals surface area contributed by atoms with E-state index in [0.29, 0.717) is 17.0 Å². The molecule has 0 unspecified atom stereocenters. The summed E-state index contributed by atoms with van der Waals surface area (Å²) in [5.41, 5.74) is 2.75. The molecule has 0 atom stereocenters. The Hall–Kier alpha value is -3.04. The van der Waals surface area contributed by atoms with Crippen LogP contribution >= 0.6 is 0 Å². The van der Waals surface area contributed by atoms with E-state index in [1.807, 2.05) is 18.2 Å². The zero-order valence-electron chi connectivity index (χ0n) is 16.3. The number of nitrogens with zero attached hydrogens (tertiary/aromatic N) is 2. The van der Waals surface area contributed by atoms with Gasteiger partial charge in [0.05, 0.1) is 17.0 Å². The molecular formula is C21H23N3O5S. The number of aromatic nitrogens is 1. The van der Waals surface area contributed by atoms with Crippen LogP contribution in [0.3, 0.4) is 0 Å². The molecule has 9 heteroatoms. The lowest BCUT2D eigenvalue weighted by Crippen LogP contribution is -2.43. The molecule has 3 heterocycles. The minimum atomic E-state index is -3.66. The number of hydrogen-bond acceptors (Lipinski definition) is 6. The number of carboxylic acid groups (broad SMARTS) is 1. The smallest absolute Gasteiger partial charge is 0.290 e. The van der Waals surface area contributed by atoms with Crippen molar-refractivity contribution in [2.24, 2.45) is 0 Å². The molecule has 2 aliphatic rings. The van der Waals surface area contributed by atoms with Crippen LogP contribution in [0.15, 0.2) is 53.6 Å². The third-order valence-corrected chi connectivity index (χ3v) is 7.04. The van der Waals surface area contributed by atoms with Gasteiger partial charge in [-0.1, -0.05) is 6.07 Å². The number of ether oxygens (including phenoxy) is 1. The highest BCUT2D eigenvalue weighted by atomic mass is 32.2. The third kappa shape index (κ3) is 3.61. The van der Waals surface area contributed by atoms with E-state index in [0.717, 1.165) is 55.0 Å². The lowest BCUT2D eigenvalue weighted by atomic mass is 10.2. The van der Waals surface area contributed by atoms with Crippen LogP contribution in [0.2, 0.25) is 0 Å². The number of benzene rings is 2. The Kier molecular flexibility index (Phi) is 5.65. The summed E-state index contributed by atoms with van der Waals surface area (Å²) in [6, 6.07) is 12.9. The summed E-state index contributed by atoms with van der Waals surface area (Å²) in [5.74, 6) is 0.785. The van der Waals surface area contributed by atoms with Crippen molar-refractivity contribution in [1.82, 2.24) is 9.29 Å². The number of fused-ring (bicyclic) bond motifs is 2. The van der Waals surface area contributed by atoms with Gasteiger partial charge in [-0.15, -0.1) is 0 Å². The van der Waals surface area contributed by atoms with E-state index in [4.69, 9.17) is 14.6 Å². The number of hydrogen-bond donors (Lipinski definition) is 2. The van der Waals surface area contributed by atoms with Crippen LogP contribution in [0, 0.1) is 0 Å². The van der Waals surface area contributed by atoms with Gasteiger partial charge in [0, 0.05) is 49.9 Å². The molecule has 0 spiro atoms. The second-order valence-electron chi connectivity index (χ2n) is 7.04. The number of carbonyl (C=O) groups is 1. The standard InChI is InChI=1S/C20H21N3O3S.CH2O2/c24-27(25,16-4-5-20-15(14-16)7-13-26-20)23-10-6-17-18(2-1-3-19(17)23)22-11-8-21-9-12-22;2-1-3/h1-6,10,14,21H,7-9,11-13H2;1H,(H,2,3). The summed E-state index contributed by atoms with van der Waals surface area (Å²) in [6.45, 7) is 4.07. The molecule has 158 valence electrons. The first kappa shape index (κ1) is 20.2. The van der Waals surface area contributed by atoms with Gasteiger partial charge in [0.1, 0.15) is 5.75 Å². The predicted octanol–water partition coefficient (Wildman–Crippen LogP) is 1.92. The molecule has 5 rings (SSSR count). The average molecular weight is 429 g/mol. The molecule has 3 aromatic rings. The van der Waals surface area contributed by atoms with Crippen molar-refractivity contribution in [3.63, 3.8) is 0 Å². The molecule has 2 aromatic carbocycles. The maximum absolute atomic E-state index is 13.3. The van der Waals surface area contributed by atoms with Crippen LogP contribution in [0.5, 0.6) is 5.75 Å². The van der Waals surface area contributed by atoms with Crippen molar-refractivity contribution in [2.45, 2.75) is 11.3 Å². The maximum Gasteiger partial charge on any atom is 0.290 e.